The second-order valence-corrected chi connectivity index (χ2v) is 3.09. The van der Waals surface area contributed by atoms with Gasteiger partial charge >= 0.3 is 5.97 Å². The Morgan fingerprint density at radius 1 is 1.56 bits per heavy atom. The highest BCUT2D eigenvalue weighted by Gasteiger charge is 2.20. The Kier molecular flexibility index (Phi) is 3.96. The zero-order valence-electron chi connectivity index (χ0n) is 8.80. The van der Waals surface area contributed by atoms with Crippen LogP contribution in [0.2, 0.25) is 0 Å². The Balaban J connectivity index is 3.32. The van der Waals surface area contributed by atoms with Gasteiger partial charge in [0.15, 0.2) is 0 Å². The number of nitro groups is 1. The first kappa shape index (κ1) is 12.1. The molecule has 86 valence electrons. The largest absolute Gasteiger partial charge is 0.465 e. The van der Waals surface area contributed by atoms with E-state index in [9.17, 15) is 14.9 Å². The van der Waals surface area contributed by atoms with E-state index in [4.69, 9.17) is 5.73 Å². The van der Waals surface area contributed by atoms with Gasteiger partial charge in [-0.15, -0.1) is 0 Å². The van der Waals surface area contributed by atoms with Crippen LogP contribution in [0.3, 0.4) is 0 Å². The molecule has 0 heterocycles. The SMILES string of the molecule is COC(=O)c1cccc([N+](=O)[O-])c1CCN. The second kappa shape index (κ2) is 5.22. The van der Waals surface area contributed by atoms with Crippen LogP contribution in [0, 0.1) is 10.1 Å². The predicted octanol–water partition coefficient (Wildman–Crippen LogP) is 0.883. The normalized spacial score (nSPS) is 9.88. The maximum atomic E-state index is 11.4. The van der Waals surface area contributed by atoms with Crippen LogP contribution in [0.25, 0.3) is 0 Å². The fourth-order valence-electron chi connectivity index (χ4n) is 1.45. The number of hydrogen-bond donors (Lipinski definition) is 1. The number of rotatable bonds is 4. The Bertz CT molecular complexity index is 417. The second-order valence-electron chi connectivity index (χ2n) is 3.09. The summed E-state index contributed by atoms with van der Waals surface area (Å²) in [5.74, 6) is -0.591. The molecule has 0 saturated heterocycles. The van der Waals surface area contributed by atoms with Crippen LogP contribution in [0.1, 0.15) is 15.9 Å². The molecule has 0 fully saturated rings. The van der Waals surface area contributed by atoms with Crippen molar-refractivity contribution in [3.8, 4) is 0 Å². The lowest BCUT2D eigenvalue weighted by Crippen LogP contribution is -2.12. The first-order valence-electron chi connectivity index (χ1n) is 4.66. The van der Waals surface area contributed by atoms with Gasteiger partial charge in [-0.05, 0) is 19.0 Å². The Labute approximate surface area is 92.2 Å². The number of methoxy groups -OCH3 is 1. The van der Waals surface area contributed by atoms with Gasteiger partial charge in [0.25, 0.3) is 5.69 Å². The van der Waals surface area contributed by atoms with Crippen LogP contribution < -0.4 is 5.73 Å². The van der Waals surface area contributed by atoms with Gasteiger partial charge in [0.2, 0.25) is 0 Å². The highest BCUT2D eigenvalue weighted by molar-refractivity contribution is 5.92. The quantitative estimate of drug-likeness (QED) is 0.465. The van der Waals surface area contributed by atoms with E-state index in [0.717, 1.165) is 0 Å². The van der Waals surface area contributed by atoms with Crippen molar-refractivity contribution in [2.45, 2.75) is 6.42 Å². The summed E-state index contributed by atoms with van der Waals surface area (Å²) in [5.41, 5.74) is 5.78. The predicted molar refractivity (Wildman–Crippen MR) is 57.2 cm³/mol. The molecule has 0 unspecified atom stereocenters. The van der Waals surface area contributed by atoms with Crippen molar-refractivity contribution in [2.24, 2.45) is 5.73 Å². The lowest BCUT2D eigenvalue weighted by atomic mass is 10.0. The number of carbonyl (C=O) groups excluding carboxylic acids is 1. The lowest BCUT2D eigenvalue weighted by Gasteiger charge is -2.07. The van der Waals surface area contributed by atoms with Crippen LogP contribution >= 0.6 is 0 Å². The molecule has 0 radical (unpaired) electrons. The maximum Gasteiger partial charge on any atom is 0.338 e. The zero-order valence-corrected chi connectivity index (χ0v) is 8.80. The Morgan fingerprint density at radius 2 is 2.25 bits per heavy atom. The molecule has 0 aliphatic heterocycles. The van der Waals surface area contributed by atoms with Crippen molar-refractivity contribution in [3.05, 3.63) is 39.4 Å². The van der Waals surface area contributed by atoms with Crippen molar-refractivity contribution in [3.63, 3.8) is 0 Å². The number of nitrogens with two attached hydrogens (primary N) is 1. The summed E-state index contributed by atoms with van der Waals surface area (Å²) in [4.78, 5) is 21.6. The minimum Gasteiger partial charge on any atom is -0.465 e. The molecule has 16 heavy (non-hydrogen) atoms. The smallest absolute Gasteiger partial charge is 0.338 e. The third kappa shape index (κ3) is 2.34. The molecule has 1 aromatic carbocycles. The highest BCUT2D eigenvalue weighted by Crippen LogP contribution is 2.23. The van der Waals surface area contributed by atoms with Crippen LogP contribution in [-0.2, 0) is 11.2 Å². The van der Waals surface area contributed by atoms with Gasteiger partial charge in [0.1, 0.15) is 0 Å². The number of esters is 1. The summed E-state index contributed by atoms with van der Waals surface area (Å²) in [6, 6.07) is 4.28. The van der Waals surface area contributed by atoms with Gasteiger partial charge in [-0.25, -0.2) is 4.79 Å². The van der Waals surface area contributed by atoms with Gasteiger partial charge in [0.05, 0.1) is 17.6 Å². The summed E-state index contributed by atoms with van der Waals surface area (Å²) >= 11 is 0. The molecule has 0 aliphatic carbocycles. The van der Waals surface area contributed by atoms with E-state index >= 15 is 0 Å². The fraction of sp³-hybridized carbons (Fsp3) is 0.300. The molecule has 0 spiro atoms. The molecule has 0 saturated carbocycles. The first-order chi connectivity index (χ1) is 7.61. The highest BCUT2D eigenvalue weighted by atomic mass is 16.6. The van der Waals surface area contributed by atoms with Crippen molar-refractivity contribution in [1.82, 2.24) is 0 Å². The monoisotopic (exact) mass is 224 g/mol. The Hall–Kier alpha value is -1.95. The van der Waals surface area contributed by atoms with Gasteiger partial charge < -0.3 is 10.5 Å². The number of carbonyl (C=O) groups is 1. The summed E-state index contributed by atoms with van der Waals surface area (Å²) in [6.07, 6.45) is 0.265. The minimum absolute atomic E-state index is 0.103. The summed E-state index contributed by atoms with van der Waals surface area (Å²) in [7, 11) is 1.23. The topological polar surface area (TPSA) is 95.5 Å². The van der Waals surface area contributed by atoms with Gasteiger partial charge in [-0.1, -0.05) is 6.07 Å². The van der Waals surface area contributed by atoms with E-state index in [1.54, 1.807) is 0 Å². The van der Waals surface area contributed by atoms with Crippen LogP contribution in [0.15, 0.2) is 18.2 Å². The Morgan fingerprint density at radius 3 is 2.75 bits per heavy atom. The van der Waals surface area contributed by atoms with E-state index in [1.165, 1.54) is 25.3 Å². The number of ether oxygens (including phenoxy) is 1. The van der Waals surface area contributed by atoms with Gasteiger partial charge in [-0.2, -0.15) is 0 Å². The van der Waals surface area contributed by atoms with E-state index in [1.807, 2.05) is 0 Å². The van der Waals surface area contributed by atoms with Crippen LogP contribution in [0.5, 0.6) is 0 Å². The number of benzene rings is 1. The van der Waals surface area contributed by atoms with E-state index in [2.05, 4.69) is 4.74 Å². The molecule has 0 bridgehead atoms. The molecule has 1 aromatic rings. The maximum absolute atomic E-state index is 11.4. The molecule has 6 heteroatoms. The number of nitro benzene ring substituents is 1. The first-order valence-corrected chi connectivity index (χ1v) is 4.66. The molecule has 0 aromatic heterocycles. The number of hydrogen-bond acceptors (Lipinski definition) is 5. The van der Waals surface area contributed by atoms with E-state index < -0.39 is 10.9 Å². The molecule has 1 rings (SSSR count). The van der Waals surface area contributed by atoms with Gasteiger partial charge in [-0.3, -0.25) is 10.1 Å². The lowest BCUT2D eigenvalue weighted by molar-refractivity contribution is -0.385. The summed E-state index contributed by atoms with van der Waals surface area (Å²) in [5, 5.41) is 10.8. The standard InChI is InChI=1S/C10H12N2O4/c1-16-10(13)8-3-2-4-9(12(14)15)7(8)5-6-11/h2-4H,5-6,11H2,1H3. The molecular weight excluding hydrogens is 212 g/mol. The van der Waals surface area contributed by atoms with Crippen LogP contribution in [-0.4, -0.2) is 24.5 Å². The molecule has 0 amide bonds. The molecule has 0 atom stereocenters. The third-order valence-electron chi connectivity index (χ3n) is 2.15. The van der Waals surface area contributed by atoms with E-state index in [-0.39, 0.29) is 24.2 Å². The molecule has 2 N–H and O–H groups in total. The van der Waals surface area contributed by atoms with Crippen molar-refractivity contribution in [1.29, 1.82) is 0 Å². The van der Waals surface area contributed by atoms with Crippen molar-refractivity contribution < 1.29 is 14.5 Å². The minimum atomic E-state index is -0.591. The fourth-order valence-corrected chi connectivity index (χ4v) is 1.45. The zero-order chi connectivity index (χ0) is 12.1. The molecular formula is C10H12N2O4. The molecule has 0 aliphatic rings. The summed E-state index contributed by atoms with van der Waals surface area (Å²) in [6.45, 7) is 0.231. The third-order valence-corrected chi connectivity index (χ3v) is 2.15. The van der Waals surface area contributed by atoms with Crippen molar-refractivity contribution in [2.75, 3.05) is 13.7 Å². The van der Waals surface area contributed by atoms with Crippen LogP contribution in [0.4, 0.5) is 5.69 Å². The van der Waals surface area contributed by atoms with E-state index in [0.29, 0.717) is 5.56 Å². The number of nitrogens with zero attached hydrogens (tertiary/aromatic N) is 1. The van der Waals surface area contributed by atoms with Gasteiger partial charge in [0, 0.05) is 11.6 Å². The van der Waals surface area contributed by atoms with Crippen molar-refractivity contribution >= 4 is 11.7 Å². The average Bonchev–Trinajstić information content (AvgIpc) is 2.28. The molecule has 6 nitrogen and oxygen atoms in total. The summed E-state index contributed by atoms with van der Waals surface area (Å²) < 4.78 is 4.56. The average molecular weight is 224 g/mol.